The summed E-state index contributed by atoms with van der Waals surface area (Å²) in [4.78, 5) is 19.8. The zero-order valence-corrected chi connectivity index (χ0v) is 26.2. The maximum Gasteiger partial charge on any atom is 0.406 e. The molecule has 0 bridgehead atoms. The summed E-state index contributed by atoms with van der Waals surface area (Å²) in [6.45, 7) is 0.792. The number of imidazole rings is 1. The molecule has 0 saturated carbocycles. The van der Waals surface area contributed by atoms with E-state index in [9.17, 15) is 26.4 Å². The summed E-state index contributed by atoms with van der Waals surface area (Å²) in [5, 5.41) is 5.77. The van der Waals surface area contributed by atoms with E-state index in [2.05, 4.69) is 32.4 Å². The molecule has 3 heterocycles. The van der Waals surface area contributed by atoms with Crippen molar-refractivity contribution in [3.8, 4) is 17.6 Å². The highest BCUT2D eigenvalue weighted by molar-refractivity contribution is 7.90. The standard InChI is InChI=1S/C31H35F4N5O5S/c1-44-28-16-22(46(2,42)43)5-6-26(28)36-10-3-4-20-14-23(29-27(15-20)40(19-37-29)18-31(33,34)35)30(41)38-25-7-11-39(17-24(25)32)21-8-12-45-13-9-21/h5-6,14-16,19,21,24-25,36H,7-13,17-18H2,1-2H3,(H,38,41)/t24-,25-/m0/s1. The van der Waals surface area contributed by atoms with Crippen LogP contribution in [0, 0.1) is 11.8 Å². The summed E-state index contributed by atoms with van der Waals surface area (Å²) in [7, 11) is -2.05. The number of aromatic nitrogens is 2. The SMILES string of the molecule is COc1cc(S(C)(=O)=O)ccc1NCC#Cc1cc(C(=O)N[C@H]2CCN(C3CCOCC3)C[C@@H]2F)c2ncn(CC(F)(F)F)c2c1. The number of benzene rings is 2. The molecule has 2 aliphatic heterocycles. The van der Waals surface area contributed by atoms with Crippen molar-refractivity contribution in [2.45, 2.75) is 55.1 Å². The number of amides is 1. The average Bonchev–Trinajstić information content (AvgIpc) is 3.40. The molecule has 2 N–H and O–H groups in total. The molecule has 2 aromatic carbocycles. The van der Waals surface area contributed by atoms with Gasteiger partial charge in [0.05, 0.1) is 47.7 Å². The number of fused-ring (bicyclic) bond motifs is 1. The number of sulfone groups is 1. The van der Waals surface area contributed by atoms with Crippen LogP contribution in [0.2, 0.25) is 0 Å². The third-order valence-corrected chi connectivity index (χ3v) is 9.23. The lowest BCUT2D eigenvalue weighted by Gasteiger charge is -2.40. The van der Waals surface area contributed by atoms with Crippen molar-refractivity contribution in [3.05, 3.63) is 47.8 Å². The predicted molar refractivity (Wildman–Crippen MR) is 163 cm³/mol. The largest absolute Gasteiger partial charge is 0.495 e. The van der Waals surface area contributed by atoms with Gasteiger partial charge in [-0.3, -0.25) is 9.69 Å². The normalized spacial score (nSPS) is 19.8. The highest BCUT2D eigenvalue weighted by atomic mass is 32.2. The van der Waals surface area contributed by atoms with Crippen LogP contribution in [-0.2, 0) is 21.1 Å². The molecule has 1 amide bonds. The molecule has 0 aliphatic carbocycles. The van der Waals surface area contributed by atoms with Gasteiger partial charge in [-0.05, 0) is 43.5 Å². The van der Waals surface area contributed by atoms with Crippen LogP contribution in [0.25, 0.3) is 11.0 Å². The van der Waals surface area contributed by atoms with Gasteiger partial charge in [0.25, 0.3) is 5.91 Å². The molecule has 5 rings (SSSR count). The quantitative estimate of drug-likeness (QED) is 0.276. The number of piperidine rings is 1. The molecule has 0 unspecified atom stereocenters. The van der Waals surface area contributed by atoms with Gasteiger partial charge in [-0.2, -0.15) is 13.2 Å². The number of halogens is 4. The van der Waals surface area contributed by atoms with Crippen LogP contribution in [0.4, 0.5) is 23.2 Å². The monoisotopic (exact) mass is 665 g/mol. The fourth-order valence-corrected chi connectivity index (χ4v) is 6.42. The van der Waals surface area contributed by atoms with Crippen LogP contribution < -0.4 is 15.4 Å². The lowest BCUT2D eigenvalue weighted by atomic mass is 9.97. The number of anilines is 1. The van der Waals surface area contributed by atoms with Gasteiger partial charge < -0.3 is 24.7 Å². The van der Waals surface area contributed by atoms with E-state index in [4.69, 9.17) is 9.47 Å². The second-order valence-electron chi connectivity index (χ2n) is 11.4. The number of hydrogen-bond acceptors (Lipinski definition) is 8. The molecule has 46 heavy (non-hydrogen) atoms. The summed E-state index contributed by atoms with van der Waals surface area (Å²) < 4.78 is 90.6. The Kier molecular flexibility index (Phi) is 10.1. The van der Waals surface area contributed by atoms with Crippen molar-refractivity contribution in [2.75, 3.05) is 51.5 Å². The molecule has 0 radical (unpaired) electrons. The number of nitrogens with zero attached hydrogens (tertiary/aromatic N) is 3. The smallest absolute Gasteiger partial charge is 0.406 e. The fraction of sp³-hybridized carbons (Fsp3) is 0.484. The van der Waals surface area contributed by atoms with Gasteiger partial charge in [0, 0.05) is 50.2 Å². The van der Waals surface area contributed by atoms with E-state index >= 15 is 4.39 Å². The number of methoxy groups -OCH3 is 1. The Morgan fingerprint density at radius 3 is 2.61 bits per heavy atom. The van der Waals surface area contributed by atoms with Crippen molar-refractivity contribution < 1.29 is 40.2 Å². The fourth-order valence-electron chi connectivity index (χ4n) is 5.78. The molecule has 0 spiro atoms. The number of hydrogen-bond donors (Lipinski definition) is 2. The molecule has 2 aliphatic rings. The first-order chi connectivity index (χ1) is 21.8. The lowest BCUT2D eigenvalue weighted by molar-refractivity contribution is -0.139. The first-order valence-corrected chi connectivity index (χ1v) is 16.6. The maximum absolute atomic E-state index is 15.3. The van der Waals surface area contributed by atoms with E-state index in [1.807, 2.05) is 0 Å². The zero-order chi connectivity index (χ0) is 33.1. The van der Waals surface area contributed by atoms with Crippen LogP contribution in [0.5, 0.6) is 5.75 Å². The van der Waals surface area contributed by atoms with E-state index in [0.29, 0.717) is 31.9 Å². The Bertz CT molecular complexity index is 1750. The number of likely N-dealkylation sites (tertiary alicyclic amines) is 1. The summed E-state index contributed by atoms with van der Waals surface area (Å²) in [6.07, 6.45) is -1.72. The number of carbonyl (C=O) groups excluding carboxylic acids is 1. The van der Waals surface area contributed by atoms with Gasteiger partial charge in [-0.1, -0.05) is 11.8 Å². The van der Waals surface area contributed by atoms with E-state index < -0.39 is 40.7 Å². The number of carbonyl (C=O) groups is 1. The van der Waals surface area contributed by atoms with Crippen LogP contribution in [0.15, 0.2) is 41.6 Å². The summed E-state index contributed by atoms with van der Waals surface area (Å²) in [5.74, 6) is 5.37. The van der Waals surface area contributed by atoms with E-state index in [-0.39, 0.29) is 51.9 Å². The third kappa shape index (κ3) is 8.09. The van der Waals surface area contributed by atoms with Crippen molar-refractivity contribution in [1.82, 2.24) is 19.8 Å². The number of rotatable bonds is 8. The minimum absolute atomic E-state index is 0.00669. The highest BCUT2D eigenvalue weighted by Crippen LogP contribution is 2.28. The molecule has 2 fully saturated rings. The number of alkyl halides is 4. The summed E-state index contributed by atoms with van der Waals surface area (Å²) >= 11 is 0. The zero-order valence-electron chi connectivity index (χ0n) is 25.4. The van der Waals surface area contributed by atoms with E-state index in [1.54, 1.807) is 0 Å². The Balaban J connectivity index is 1.35. The van der Waals surface area contributed by atoms with Crippen LogP contribution in [0.3, 0.4) is 0 Å². The lowest BCUT2D eigenvalue weighted by Crippen LogP contribution is -2.55. The van der Waals surface area contributed by atoms with E-state index in [0.717, 1.165) is 30.0 Å². The van der Waals surface area contributed by atoms with Gasteiger partial charge in [-0.25, -0.2) is 17.8 Å². The molecule has 15 heteroatoms. The average molecular weight is 666 g/mol. The van der Waals surface area contributed by atoms with E-state index in [1.165, 1.54) is 37.4 Å². The summed E-state index contributed by atoms with van der Waals surface area (Å²) in [6, 6.07) is 6.66. The summed E-state index contributed by atoms with van der Waals surface area (Å²) in [5.41, 5.74) is 0.843. The predicted octanol–water partition coefficient (Wildman–Crippen LogP) is 3.80. The van der Waals surface area contributed by atoms with Crippen molar-refractivity contribution in [2.24, 2.45) is 0 Å². The van der Waals surface area contributed by atoms with Crippen molar-refractivity contribution in [1.29, 1.82) is 0 Å². The minimum atomic E-state index is -4.53. The first kappa shape index (κ1) is 33.5. The molecular weight excluding hydrogens is 630 g/mol. The molecule has 2 saturated heterocycles. The van der Waals surface area contributed by atoms with Crippen LogP contribution in [-0.4, -0.2) is 99.4 Å². The van der Waals surface area contributed by atoms with Gasteiger partial charge in [-0.15, -0.1) is 0 Å². The second kappa shape index (κ2) is 13.9. The molecule has 3 aromatic rings. The van der Waals surface area contributed by atoms with Crippen LogP contribution >= 0.6 is 0 Å². The van der Waals surface area contributed by atoms with Gasteiger partial charge in [0.15, 0.2) is 9.84 Å². The Hall–Kier alpha value is -3.87. The third-order valence-electron chi connectivity index (χ3n) is 8.12. The minimum Gasteiger partial charge on any atom is -0.495 e. The molecule has 10 nitrogen and oxygen atoms in total. The Morgan fingerprint density at radius 1 is 1.17 bits per heavy atom. The Labute approximate surface area is 264 Å². The van der Waals surface area contributed by atoms with Gasteiger partial charge >= 0.3 is 6.18 Å². The number of ether oxygens (including phenoxy) is 2. The molecular formula is C31H35F4N5O5S. The highest BCUT2D eigenvalue weighted by Gasteiger charge is 2.35. The second-order valence-corrected chi connectivity index (χ2v) is 13.4. The topological polar surface area (TPSA) is 115 Å². The molecule has 248 valence electrons. The van der Waals surface area contributed by atoms with Gasteiger partial charge in [0.1, 0.15) is 24.0 Å². The maximum atomic E-state index is 15.3. The molecule has 2 atom stereocenters. The first-order valence-electron chi connectivity index (χ1n) is 14.8. The Morgan fingerprint density at radius 2 is 1.93 bits per heavy atom. The van der Waals surface area contributed by atoms with Gasteiger partial charge in [0.2, 0.25) is 0 Å². The van der Waals surface area contributed by atoms with Crippen LogP contribution in [0.1, 0.15) is 35.2 Å². The van der Waals surface area contributed by atoms with Crippen molar-refractivity contribution >= 4 is 32.5 Å². The molecule has 1 aromatic heterocycles. The number of nitrogens with one attached hydrogen (secondary N) is 2. The van der Waals surface area contributed by atoms with Crippen molar-refractivity contribution in [3.63, 3.8) is 0 Å².